The van der Waals surface area contributed by atoms with E-state index in [-0.39, 0.29) is 16.8 Å². The highest BCUT2D eigenvalue weighted by Crippen LogP contribution is 2.37. The van der Waals surface area contributed by atoms with Crippen LogP contribution in [0.3, 0.4) is 0 Å². The fourth-order valence-corrected chi connectivity index (χ4v) is 7.60. The van der Waals surface area contributed by atoms with Crippen LogP contribution in [0.5, 0.6) is 0 Å². The van der Waals surface area contributed by atoms with E-state index in [0.717, 1.165) is 61.8 Å². The third-order valence-electron chi connectivity index (χ3n) is 6.36. The molecule has 1 aromatic carbocycles. The number of carbonyl (C=O) groups is 2. The monoisotopic (exact) mass is 475 g/mol. The van der Waals surface area contributed by atoms with Crippen LogP contribution >= 0.6 is 11.3 Å². The molecule has 2 amide bonds. The van der Waals surface area contributed by atoms with E-state index in [1.807, 2.05) is 6.92 Å². The van der Waals surface area contributed by atoms with Crippen molar-refractivity contribution in [1.29, 1.82) is 0 Å². The Labute approximate surface area is 193 Å². The number of amides is 2. The van der Waals surface area contributed by atoms with Crippen LogP contribution in [0.25, 0.3) is 0 Å². The van der Waals surface area contributed by atoms with Gasteiger partial charge in [-0.25, -0.2) is 8.42 Å². The Morgan fingerprint density at radius 3 is 2.47 bits per heavy atom. The van der Waals surface area contributed by atoms with Crippen molar-refractivity contribution >= 4 is 38.2 Å². The van der Waals surface area contributed by atoms with Gasteiger partial charge in [-0.2, -0.15) is 4.31 Å². The summed E-state index contributed by atoms with van der Waals surface area (Å²) in [6.07, 6.45) is 7.61. The van der Waals surface area contributed by atoms with Crippen LogP contribution in [0.1, 0.15) is 76.6 Å². The van der Waals surface area contributed by atoms with Gasteiger partial charge in [-0.15, -0.1) is 11.3 Å². The summed E-state index contributed by atoms with van der Waals surface area (Å²) in [5.74, 6) is -0.920. The number of piperidine rings is 1. The summed E-state index contributed by atoms with van der Waals surface area (Å²) >= 11 is 1.42. The number of aryl methyl sites for hydroxylation is 1. The van der Waals surface area contributed by atoms with Crippen LogP contribution in [0, 0.1) is 0 Å². The van der Waals surface area contributed by atoms with Crippen molar-refractivity contribution in [3.05, 3.63) is 45.8 Å². The van der Waals surface area contributed by atoms with Crippen molar-refractivity contribution in [2.75, 3.05) is 11.9 Å². The first-order valence-electron chi connectivity index (χ1n) is 11.2. The van der Waals surface area contributed by atoms with Gasteiger partial charge in [0.1, 0.15) is 5.00 Å². The van der Waals surface area contributed by atoms with E-state index < -0.39 is 15.9 Å². The van der Waals surface area contributed by atoms with Crippen molar-refractivity contribution in [2.24, 2.45) is 5.73 Å². The van der Waals surface area contributed by atoms with Gasteiger partial charge in [-0.1, -0.05) is 12.8 Å². The second-order valence-electron chi connectivity index (χ2n) is 8.57. The van der Waals surface area contributed by atoms with E-state index in [1.54, 1.807) is 4.31 Å². The lowest BCUT2D eigenvalue weighted by atomic mass is 10.1. The summed E-state index contributed by atoms with van der Waals surface area (Å²) < 4.78 is 27.6. The van der Waals surface area contributed by atoms with E-state index in [9.17, 15) is 18.0 Å². The third-order valence-corrected chi connectivity index (χ3v) is 9.59. The topological polar surface area (TPSA) is 110 Å². The number of hydrogen-bond donors (Lipinski definition) is 2. The SMILES string of the molecule is CC1CCCCN1S(=O)(=O)c1ccc(C(=O)Nc2sc3c(c2C(N)=O)CCCCC3)cc1. The Balaban J connectivity index is 1.55. The highest BCUT2D eigenvalue weighted by atomic mass is 32.2. The molecule has 1 aliphatic carbocycles. The molecule has 3 N–H and O–H groups in total. The second-order valence-corrected chi connectivity index (χ2v) is 11.6. The van der Waals surface area contributed by atoms with Gasteiger partial charge in [0.15, 0.2) is 0 Å². The number of hydrogen-bond acceptors (Lipinski definition) is 5. The van der Waals surface area contributed by atoms with Gasteiger partial charge in [0, 0.05) is 23.0 Å². The molecule has 2 aromatic rings. The van der Waals surface area contributed by atoms with E-state index >= 15 is 0 Å². The van der Waals surface area contributed by atoms with Crippen molar-refractivity contribution in [3.63, 3.8) is 0 Å². The smallest absolute Gasteiger partial charge is 0.256 e. The van der Waals surface area contributed by atoms with Crippen molar-refractivity contribution in [3.8, 4) is 0 Å². The number of sulfonamides is 1. The minimum Gasteiger partial charge on any atom is -0.365 e. The first-order valence-corrected chi connectivity index (χ1v) is 13.4. The van der Waals surface area contributed by atoms with Crippen LogP contribution in [-0.2, 0) is 22.9 Å². The number of thiophene rings is 1. The zero-order valence-electron chi connectivity index (χ0n) is 18.2. The van der Waals surface area contributed by atoms with Crippen molar-refractivity contribution in [1.82, 2.24) is 4.31 Å². The molecular weight excluding hydrogens is 446 g/mol. The number of rotatable bonds is 5. The summed E-state index contributed by atoms with van der Waals surface area (Å²) in [4.78, 5) is 26.3. The molecule has 1 saturated heterocycles. The minimum absolute atomic E-state index is 0.0296. The molecule has 1 aliphatic heterocycles. The molecule has 0 bridgehead atoms. The summed E-state index contributed by atoms with van der Waals surface area (Å²) in [6.45, 7) is 2.45. The number of fused-ring (bicyclic) bond motifs is 1. The molecule has 1 unspecified atom stereocenters. The van der Waals surface area contributed by atoms with Gasteiger partial charge in [0.05, 0.1) is 10.5 Å². The largest absolute Gasteiger partial charge is 0.365 e. The zero-order chi connectivity index (χ0) is 22.9. The summed E-state index contributed by atoms with van der Waals surface area (Å²) in [5.41, 5.74) is 7.35. The fourth-order valence-electron chi connectivity index (χ4n) is 4.61. The molecule has 172 valence electrons. The van der Waals surface area contributed by atoms with Gasteiger partial charge in [0.25, 0.3) is 11.8 Å². The lowest BCUT2D eigenvalue weighted by Crippen LogP contribution is -2.41. The Kier molecular flexibility index (Phi) is 6.69. The average molecular weight is 476 g/mol. The number of benzene rings is 1. The van der Waals surface area contributed by atoms with Crippen LogP contribution in [0.4, 0.5) is 5.00 Å². The Morgan fingerprint density at radius 2 is 1.78 bits per heavy atom. The summed E-state index contributed by atoms with van der Waals surface area (Å²) in [7, 11) is -3.59. The molecule has 0 radical (unpaired) electrons. The molecule has 0 spiro atoms. The molecule has 2 aliphatic rings. The number of primary amides is 1. The van der Waals surface area contributed by atoms with Crippen molar-refractivity contribution in [2.45, 2.75) is 69.2 Å². The summed E-state index contributed by atoms with van der Waals surface area (Å²) in [5, 5.41) is 3.31. The van der Waals surface area contributed by atoms with E-state index in [0.29, 0.717) is 22.7 Å². The number of nitrogens with one attached hydrogen (secondary N) is 1. The van der Waals surface area contributed by atoms with Gasteiger partial charge in [-0.3, -0.25) is 9.59 Å². The third kappa shape index (κ3) is 4.46. The normalized spacial score (nSPS) is 19.7. The number of anilines is 1. The van der Waals surface area contributed by atoms with E-state index in [4.69, 9.17) is 5.73 Å². The predicted octanol–water partition coefficient (Wildman–Crippen LogP) is 3.93. The Bertz CT molecular complexity index is 1120. The molecule has 0 saturated carbocycles. The minimum atomic E-state index is -3.59. The molecule has 2 heterocycles. The van der Waals surface area contributed by atoms with Crippen LogP contribution < -0.4 is 11.1 Å². The Morgan fingerprint density at radius 1 is 1.06 bits per heavy atom. The maximum absolute atomic E-state index is 13.0. The van der Waals surface area contributed by atoms with Gasteiger partial charge < -0.3 is 11.1 Å². The highest BCUT2D eigenvalue weighted by molar-refractivity contribution is 7.89. The standard InChI is InChI=1S/C23H29N3O4S2/c1-15-7-5-6-14-26(15)32(29,30)17-12-10-16(11-13-17)22(28)25-23-20(21(24)27)18-8-3-2-4-9-19(18)31-23/h10-13,15H,2-9,14H2,1H3,(H2,24,27)(H,25,28). The predicted molar refractivity (Wildman–Crippen MR) is 126 cm³/mol. The zero-order valence-corrected chi connectivity index (χ0v) is 19.9. The molecule has 32 heavy (non-hydrogen) atoms. The van der Waals surface area contributed by atoms with Crippen LogP contribution in [0.2, 0.25) is 0 Å². The van der Waals surface area contributed by atoms with E-state index in [1.165, 1.54) is 35.6 Å². The molecule has 1 atom stereocenters. The van der Waals surface area contributed by atoms with Gasteiger partial charge in [-0.05, 0) is 75.3 Å². The van der Waals surface area contributed by atoms with Gasteiger partial charge in [0.2, 0.25) is 10.0 Å². The molecule has 1 fully saturated rings. The number of carbonyl (C=O) groups excluding carboxylic acids is 2. The highest BCUT2D eigenvalue weighted by Gasteiger charge is 2.31. The van der Waals surface area contributed by atoms with Gasteiger partial charge >= 0.3 is 0 Å². The molecule has 1 aromatic heterocycles. The van der Waals surface area contributed by atoms with E-state index in [2.05, 4.69) is 5.32 Å². The lowest BCUT2D eigenvalue weighted by Gasteiger charge is -2.32. The second kappa shape index (κ2) is 9.33. The number of nitrogens with zero attached hydrogens (tertiary/aromatic N) is 1. The average Bonchev–Trinajstić information content (AvgIpc) is 2.94. The molecular formula is C23H29N3O4S2. The maximum Gasteiger partial charge on any atom is 0.256 e. The quantitative estimate of drug-likeness (QED) is 0.639. The lowest BCUT2D eigenvalue weighted by molar-refractivity contribution is 0.100. The number of nitrogens with two attached hydrogens (primary N) is 1. The first-order chi connectivity index (χ1) is 15.3. The van der Waals surface area contributed by atoms with Crippen molar-refractivity contribution < 1.29 is 18.0 Å². The fraction of sp³-hybridized carbons (Fsp3) is 0.478. The Hall–Kier alpha value is -2.23. The molecule has 7 nitrogen and oxygen atoms in total. The van der Waals surface area contributed by atoms with Crippen LogP contribution in [0.15, 0.2) is 29.2 Å². The molecule has 9 heteroatoms. The molecule has 4 rings (SSSR count). The first kappa shape index (κ1) is 22.9. The maximum atomic E-state index is 13.0. The van der Waals surface area contributed by atoms with Crippen LogP contribution in [-0.4, -0.2) is 37.1 Å². The summed E-state index contributed by atoms with van der Waals surface area (Å²) in [6, 6.07) is 5.95.